The molecule has 114 valence electrons. The van der Waals surface area contributed by atoms with Crippen LogP contribution in [-0.4, -0.2) is 41.4 Å². The summed E-state index contributed by atoms with van der Waals surface area (Å²) in [4.78, 5) is 20.6. The third kappa shape index (κ3) is 3.01. The Balaban J connectivity index is 1.98. The first-order valence-corrected chi connectivity index (χ1v) is 7.06. The number of aliphatic hydroxyl groups is 1. The van der Waals surface area contributed by atoms with Gasteiger partial charge in [-0.15, -0.1) is 0 Å². The lowest BCUT2D eigenvalue weighted by Gasteiger charge is -2.29. The van der Waals surface area contributed by atoms with Crippen molar-refractivity contribution < 1.29 is 9.84 Å². The molecule has 0 radical (unpaired) electrons. The first-order chi connectivity index (χ1) is 10.6. The van der Waals surface area contributed by atoms with Crippen molar-refractivity contribution in [3.05, 3.63) is 53.1 Å². The highest BCUT2D eigenvalue weighted by Gasteiger charge is 2.13. The molecule has 2 aromatic rings. The van der Waals surface area contributed by atoms with E-state index in [2.05, 4.69) is 21.4 Å². The quantitative estimate of drug-likeness (QED) is 0.845. The molecule has 0 amide bonds. The number of aromatic nitrogens is 2. The van der Waals surface area contributed by atoms with Crippen molar-refractivity contribution in [3.63, 3.8) is 0 Å². The molecule has 0 saturated carbocycles. The number of rotatable bonds is 3. The van der Waals surface area contributed by atoms with Crippen molar-refractivity contribution in [2.24, 2.45) is 0 Å². The zero-order valence-corrected chi connectivity index (χ0v) is 12.1. The van der Waals surface area contributed by atoms with Gasteiger partial charge in [0.2, 0.25) is 0 Å². The number of H-pyrrole nitrogens is 1. The lowest BCUT2D eigenvalue weighted by molar-refractivity contribution is 0.122. The van der Waals surface area contributed by atoms with Gasteiger partial charge in [-0.3, -0.25) is 4.79 Å². The van der Waals surface area contributed by atoms with E-state index < -0.39 is 0 Å². The molecule has 0 atom stereocenters. The number of nitrogens with zero attached hydrogens (tertiary/aromatic N) is 2. The number of aromatic amines is 1. The smallest absolute Gasteiger partial charge is 0.251 e. The van der Waals surface area contributed by atoms with Crippen LogP contribution in [0.25, 0.3) is 17.0 Å². The molecule has 1 aliphatic heterocycles. The van der Waals surface area contributed by atoms with E-state index in [-0.39, 0.29) is 17.1 Å². The molecule has 3 rings (SSSR count). The monoisotopic (exact) mass is 299 g/mol. The summed E-state index contributed by atoms with van der Waals surface area (Å²) in [6.45, 7) is 6.49. The first-order valence-electron chi connectivity index (χ1n) is 7.06. The summed E-state index contributed by atoms with van der Waals surface area (Å²) in [6, 6.07) is 9.22. The van der Waals surface area contributed by atoms with Gasteiger partial charge in [0.05, 0.1) is 18.9 Å². The minimum Gasteiger partial charge on any atom is -0.505 e. The molecule has 1 aliphatic rings. The fourth-order valence-corrected chi connectivity index (χ4v) is 2.43. The van der Waals surface area contributed by atoms with Gasteiger partial charge in [0.15, 0.2) is 11.6 Å². The highest BCUT2D eigenvalue weighted by Crippen LogP contribution is 2.23. The molecular weight excluding hydrogens is 282 g/mol. The van der Waals surface area contributed by atoms with Crippen LogP contribution >= 0.6 is 0 Å². The summed E-state index contributed by atoms with van der Waals surface area (Å²) < 4.78 is 5.36. The van der Waals surface area contributed by atoms with Gasteiger partial charge >= 0.3 is 0 Å². The van der Waals surface area contributed by atoms with E-state index in [1.807, 2.05) is 24.3 Å². The number of anilines is 1. The molecule has 1 aromatic carbocycles. The van der Waals surface area contributed by atoms with Gasteiger partial charge in [0, 0.05) is 30.4 Å². The number of morpholine rings is 1. The molecular formula is C16H17N3O3. The van der Waals surface area contributed by atoms with E-state index in [9.17, 15) is 9.90 Å². The second-order valence-corrected chi connectivity index (χ2v) is 5.08. The van der Waals surface area contributed by atoms with Crippen molar-refractivity contribution in [1.29, 1.82) is 0 Å². The van der Waals surface area contributed by atoms with Gasteiger partial charge in [-0.2, -0.15) is 0 Å². The predicted molar refractivity (Wildman–Crippen MR) is 85.0 cm³/mol. The largest absolute Gasteiger partial charge is 0.505 e. The summed E-state index contributed by atoms with van der Waals surface area (Å²) in [5.41, 5.74) is 2.06. The van der Waals surface area contributed by atoms with E-state index in [4.69, 9.17) is 4.74 Å². The van der Waals surface area contributed by atoms with Gasteiger partial charge in [0.25, 0.3) is 5.56 Å². The highest BCUT2D eigenvalue weighted by atomic mass is 16.5. The Morgan fingerprint density at radius 2 is 2.09 bits per heavy atom. The maximum absolute atomic E-state index is 11.7. The van der Waals surface area contributed by atoms with Gasteiger partial charge < -0.3 is 19.7 Å². The van der Waals surface area contributed by atoms with Crippen LogP contribution in [0.1, 0.15) is 5.82 Å². The van der Waals surface area contributed by atoms with Crippen LogP contribution in [0, 0.1) is 0 Å². The molecule has 0 aliphatic carbocycles. The van der Waals surface area contributed by atoms with Gasteiger partial charge in [0.1, 0.15) is 0 Å². The summed E-state index contributed by atoms with van der Waals surface area (Å²) in [5.74, 6) is -0.178. The first kappa shape index (κ1) is 14.3. The van der Waals surface area contributed by atoms with Gasteiger partial charge in [-0.05, 0) is 12.1 Å². The second-order valence-electron chi connectivity index (χ2n) is 5.08. The third-order valence-electron chi connectivity index (χ3n) is 3.53. The molecule has 6 nitrogen and oxygen atoms in total. The Kier molecular flexibility index (Phi) is 3.93. The molecule has 0 unspecified atom stereocenters. The van der Waals surface area contributed by atoms with Gasteiger partial charge in [-0.25, -0.2) is 4.98 Å². The van der Waals surface area contributed by atoms with Crippen molar-refractivity contribution in [2.45, 2.75) is 0 Å². The van der Waals surface area contributed by atoms with Crippen LogP contribution in [-0.2, 0) is 4.74 Å². The number of nitrogens with one attached hydrogen (secondary N) is 1. The van der Waals surface area contributed by atoms with Crippen molar-refractivity contribution in [1.82, 2.24) is 9.97 Å². The lowest BCUT2D eigenvalue weighted by Crippen LogP contribution is -2.36. The highest BCUT2D eigenvalue weighted by molar-refractivity contribution is 5.66. The molecule has 2 N–H and O–H groups in total. The maximum Gasteiger partial charge on any atom is 0.251 e. The van der Waals surface area contributed by atoms with E-state index in [0.717, 1.165) is 24.3 Å². The maximum atomic E-state index is 11.7. The van der Waals surface area contributed by atoms with E-state index in [1.54, 1.807) is 0 Å². The SMILES string of the molecule is C=C(O)c1nc(-c2cccc(N3CCOCC3)c2)cc(=O)[nH]1. The van der Waals surface area contributed by atoms with Gasteiger partial charge in [-0.1, -0.05) is 18.7 Å². The van der Waals surface area contributed by atoms with Crippen molar-refractivity contribution in [3.8, 4) is 11.3 Å². The Morgan fingerprint density at radius 1 is 1.32 bits per heavy atom. The van der Waals surface area contributed by atoms with Crippen molar-refractivity contribution in [2.75, 3.05) is 31.2 Å². The average molecular weight is 299 g/mol. The molecule has 1 saturated heterocycles. The fraction of sp³-hybridized carbons (Fsp3) is 0.250. The van der Waals surface area contributed by atoms with Crippen LogP contribution in [0.4, 0.5) is 5.69 Å². The number of aliphatic hydroxyl groups excluding tert-OH is 1. The summed E-state index contributed by atoms with van der Waals surface area (Å²) in [6.07, 6.45) is 0. The minimum absolute atomic E-state index is 0.0827. The van der Waals surface area contributed by atoms with E-state index in [1.165, 1.54) is 6.07 Å². The minimum atomic E-state index is -0.327. The zero-order chi connectivity index (χ0) is 15.5. The zero-order valence-electron chi connectivity index (χ0n) is 12.1. The Hall–Kier alpha value is -2.60. The summed E-state index contributed by atoms with van der Waals surface area (Å²) >= 11 is 0. The molecule has 2 heterocycles. The lowest BCUT2D eigenvalue weighted by atomic mass is 10.1. The Morgan fingerprint density at radius 3 is 2.82 bits per heavy atom. The normalized spacial score (nSPS) is 14.8. The topological polar surface area (TPSA) is 78.5 Å². The van der Waals surface area contributed by atoms with Crippen LogP contribution < -0.4 is 10.5 Å². The predicted octanol–water partition coefficient (Wildman–Crippen LogP) is 1.80. The number of hydrogen-bond acceptors (Lipinski definition) is 5. The third-order valence-corrected chi connectivity index (χ3v) is 3.53. The standard InChI is InChI=1S/C16H17N3O3/c1-11(20)16-17-14(10-15(21)18-16)12-3-2-4-13(9-12)19-5-7-22-8-6-19/h2-4,9-10,20H,1,5-8H2,(H,17,18,21). The Labute approximate surface area is 127 Å². The number of ether oxygens (including phenoxy) is 1. The molecule has 1 aromatic heterocycles. The second kappa shape index (κ2) is 6.03. The fourth-order valence-electron chi connectivity index (χ4n) is 2.43. The van der Waals surface area contributed by atoms with Crippen LogP contribution in [0.3, 0.4) is 0 Å². The Bertz CT molecular complexity index is 748. The van der Waals surface area contributed by atoms with E-state index in [0.29, 0.717) is 18.9 Å². The summed E-state index contributed by atoms with van der Waals surface area (Å²) in [7, 11) is 0. The molecule has 0 spiro atoms. The molecule has 6 heteroatoms. The van der Waals surface area contributed by atoms with Crippen molar-refractivity contribution >= 4 is 11.4 Å². The van der Waals surface area contributed by atoms with Crippen LogP contribution in [0.2, 0.25) is 0 Å². The number of benzene rings is 1. The molecule has 22 heavy (non-hydrogen) atoms. The number of hydrogen-bond donors (Lipinski definition) is 2. The van der Waals surface area contributed by atoms with E-state index >= 15 is 0 Å². The van der Waals surface area contributed by atoms with Crippen LogP contribution in [0.5, 0.6) is 0 Å². The summed E-state index contributed by atoms with van der Waals surface area (Å²) in [5, 5.41) is 9.43. The van der Waals surface area contributed by atoms with Crippen LogP contribution in [0.15, 0.2) is 41.7 Å². The molecule has 1 fully saturated rings. The average Bonchev–Trinajstić information content (AvgIpc) is 2.55. The molecule has 0 bridgehead atoms.